The van der Waals surface area contributed by atoms with E-state index in [1.807, 2.05) is 24.3 Å². The molecule has 9 heteroatoms. The van der Waals surface area contributed by atoms with Crippen molar-refractivity contribution in [1.29, 1.82) is 0 Å². The van der Waals surface area contributed by atoms with E-state index in [4.69, 9.17) is 16.3 Å². The summed E-state index contributed by atoms with van der Waals surface area (Å²) in [5.41, 5.74) is 1.29. The van der Waals surface area contributed by atoms with Gasteiger partial charge in [0.15, 0.2) is 12.4 Å². The summed E-state index contributed by atoms with van der Waals surface area (Å²) in [6.07, 6.45) is 4.44. The van der Waals surface area contributed by atoms with E-state index < -0.39 is 16.0 Å². The van der Waals surface area contributed by atoms with E-state index in [1.165, 1.54) is 17.4 Å². The minimum Gasteiger partial charge on any atom is -0.454 e. The Morgan fingerprint density at radius 2 is 1.84 bits per heavy atom. The molecular weight excluding hydrogens is 458 g/mol. The van der Waals surface area contributed by atoms with Crippen molar-refractivity contribution in [3.8, 4) is 0 Å². The number of halogens is 1. The zero-order chi connectivity index (χ0) is 22.4. The number of Topliss-reactive ketones (excluding diaryl/α,β-unsaturated/α-hetero) is 1. The summed E-state index contributed by atoms with van der Waals surface area (Å²) in [5.74, 6) is -0.965. The predicted molar refractivity (Wildman–Crippen MR) is 124 cm³/mol. The Hall–Kier alpha value is -2.52. The van der Waals surface area contributed by atoms with Crippen molar-refractivity contribution in [3.05, 3.63) is 75.6 Å². The van der Waals surface area contributed by atoms with Crippen LogP contribution in [0.2, 0.25) is 5.02 Å². The number of carbonyl (C=O) groups is 2. The van der Waals surface area contributed by atoms with Crippen LogP contribution in [0.5, 0.6) is 0 Å². The second-order valence-corrected chi connectivity index (χ2v) is 10.0. The Bertz CT molecular complexity index is 1230. The van der Waals surface area contributed by atoms with E-state index in [0.29, 0.717) is 17.0 Å². The van der Waals surface area contributed by atoms with Crippen LogP contribution in [-0.2, 0) is 26.0 Å². The summed E-state index contributed by atoms with van der Waals surface area (Å²) in [6.45, 7) is -0.0990. The van der Waals surface area contributed by atoms with Crippen LogP contribution in [0, 0.1) is 0 Å². The van der Waals surface area contributed by atoms with Crippen LogP contribution in [0.15, 0.2) is 54.6 Å². The lowest BCUT2D eigenvalue weighted by Gasteiger charge is -2.05. The highest BCUT2D eigenvalue weighted by molar-refractivity contribution is 7.88. The average molecular weight is 478 g/mol. The first-order chi connectivity index (χ1) is 14.7. The number of sulfonamides is 1. The maximum absolute atomic E-state index is 12.2. The van der Waals surface area contributed by atoms with E-state index >= 15 is 0 Å². The number of esters is 1. The van der Waals surface area contributed by atoms with Crippen LogP contribution < -0.4 is 4.72 Å². The molecule has 162 valence electrons. The smallest absolute Gasteiger partial charge is 0.331 e. The van der Waals surface area contributed by atoms with Crippen molar-refractivity contribution in [2.24, 2.45) is 0 Å². The number of benzene rings is 2. The molecule has 0 saturated heterocycles. The molecule has 1 heterocycles. The normalized spacial score (nSPS) is 11.8. The SMILES string of the molecule is CS(=O)(=O)NCCc1ccc(C(=O)COC(=O)/C=C/c2sc3ccccc3c2Cl)cc1. The lowest BCUT2D eigenvalue weighted by atomic mass is 10.1. The summed E-state index contributed by atoms with van der Waals surface area (Å²) >= 11 is 7.80. The van der Waals surface area contributed by atoms with E-state index in [-0.39, 0.29) is 18.9 Å². The first-order valence-corrected chi connectivity index (χ1v) is 12.4. The third kappa shape index (κ3) is 6.73. The third-order valence-electron chi connectivity index (χ3n) is 4.33. The number of thiophene rings is 1. The van der Waals surface area contributed by atoms with Crippen LogP contribution in [0.4, 0.5) is 0 Å². The number of nitrogens with one attached hydrogen (secondary N) is 1. The third-order valence-corrected chi connectivity index (χ3v) is 6.71. The molecule has 0 aliphatic heterocycles. The van der Waals surface area contributed by atoms with Gasteiger partial charge in [0.25, 0.3) is 0 Å². The van der Waals surface area contributed by atoms with Gasteiger partial charge in [-0.05, 0) is 24.1 Å². The molecule has 6 nitrogen and oxygen atoms in total. The molecule has 0 saturated carbocycles. The molecular formula is C22H20ClNO5S2. The highest BCUT2D eigenvalue weighted by Crippen LogP contribution is 2.35. The number of fused-ring (bicyclic) bond motifs is 1. The van der Waals surface area contributed by atoms with Gasteiger partial charge in [-0.2, -0.15) is 0 Å². The summed E-state index contributed by atoms with van der Waals surface area (Å²) in [5, 5.41) is 1.50. The van der Waals surface area contributed by atoms with Gasteiger partial charge in [-0.3, -0.25) is 4.79 Å². The fourth-order valence-corrected chi connectivity index (χ4v) is 4.66. The van der Waals surface area contributed by atoms with Gasteiger partial charge in [0, 0.05) is 33.1 Å². The largest absolute Gasteiger partial charge is 0.454 e. The van der Waals surface area contributed by atoms with E-state index in [2.05, 4.69) is 4.72 Å². The van der Waals surface area contributed by atoms with E-state index in [0.717, 1.165) is 26.8 Å². The number of hydrogen-bond acceptors (Lipinski definition) is 6. The molecule has 0 unspecified atom stereocenters. The van der Waals surface area contributed by atoms with Crippen molar-refractivity contribution in [2.75, 3.05) is 19.4 Å². The number of hydrogen-bond donors (Lipinski definition) is 1. The fraction of sp³-hybridized carbons (Fsp3) is 0.182. The lowest BCUT2D eigenvalue weighted by Crippen LogP contribution is -2.24. The topological polar surface area (TPSA) is 89.5 Å². The molecule has 0 atom stereocenters. The zero-order valence-electron chi connectivity index (χ0n) is 16.6. The molecule has 0 aliphatic rings. The first kappa shape index (κ1) is 23.1. The molecule has 0 amide bonds. The van der Waals surface area contributed by atoms with Gasteiger partial charge >= 0.3 is 5.97 Å². The molecule has 1 aromatic heterocycles. The summed E-state index contributed by atoms with van der Waals surface area (Å²) in [6, 6.07) is 14.4. The predicted octanol–water partition coefficient (Wildman–Crippen LogP) is 4.09. The van der Waals surface area contributed by atoms with Gasteiger partial charge in [-0.1, -0.05) is 54.1 Å². The van der Waals surface area contributed by atoms with Gasteiger partial charge in [0.05, 0.1) is 11.3 Å². The number of carbonyl (C=O) groups excluding carboxylic acids is 2. The molecule has 0 radical (unpaired) electrons. The van der Waals surface area contributed by atoms with Gasteiger partial charge in [-0.15, -0.1) is 11.3 Å². The van der Waals surface area contributed by atoms with Gasteiger partial charge < -0.3 is 4.74 Å². The molecule has 2 aromatic carbocycles. The highest BCUT2D eigenvalue weighted by Gasteiger charge is 2.10. The van der Waals surface area contributed by atoms with Gasteiger partial charge in [-0.25, -0.2) is 17.9 Å². The molecule has 0 fully saturated rings. The zero-order valence-corrected chi connectivity index (χ0v) is 19.0. The van der Waals surface area contributed by atoms with Crippen LogP contribution >= 0.6 is 22.9 Å². The van der Waals surface area contributed by atoms with Crippen molar-refractivity contribution in [1.82, 2.24) is 4.72 Å². The lowest BCUT2D eigenvalue weighted by molar-refractivity contribution is -0.136. The van der Waals surface area contributed by atoms with Crippen molar-refractivity contribution in [3.63, 3.8) is 0 Å². The Labute approximate surface area is 189 Å². The molecule has 0 aliphatic carbocycles. The maximum atomic E-state index is 12.2. The van der Waals surface area contributed by atoms with Crippen LogP contribution in [0.3, 0.4) is 0 Å². The Balaban J connectivity index is 1.51. The second kappa shape index (κ2) is 10.2. The van der Waals surface area contributed by atoms with Crippen molar-refractivity contribution in [2.45, 2.75) is 6.42 Å². The van der Waals surface area contributed by atoms with Crippen molar-refractivity contribution >= 4 is 60.9 Å². The van der Waals surface area contributed by atoms with Crippen LogP contribution in [0.1, 0.15) is 20.8 Å². The standard InChI is InChI=1S/C22H20ClNO5S2/c1-31(27,28)24-13-12-15-6-8-16(9-7-15)18(25)14-29-21(26)11-10-20-22(23)17-4-2-3-5-19(17)30-20/h2-11,24H,12-14H2,1H3/b11-10+. The summed E-state index contributed by atoms with van der Waals surface area (Å²) in [4.78, 5) is 25.0. The van der Waals surface area contributed by atoms with Crippen LogP contribution in [-0.4, -0.2) is 39.6 Å². The van der Waals surface area contributed by atoms with Crippen molar-refractivity contribution < 1.29 is 22.7 Å². The Kier molecular flexibility index (Phi) is 7.61. The minimum atomic E-state index is -3.23. The Morgan fingerprint density at radius 3 is 2.52 bits per heavy atom. The quantitative estimate of drug-likeness (QED) is 0.285. The number of ketones is 1. The highest BCUT2D eigenvalue weighted by atomic mass is 35.5. The minimum absolute atomic E-state index is 0.278. The summed E-state index contributed by atoms with van der Waals surface area (Å²) < 4.78 is 30.6. The fourth-order valence-electron chi connectivity index (χ4n) is 2.79. The van der Waals surface area contributed by atoms with Gasteiger partial charge in [0.1, 0.15) is 0 Å². The average Bonchev–Trinajstić information content (AvgIpc) is 3.06. The molecule has 31 heavy (non-hydrogen) atoms. The number of ether oxygens (including phenoxy) is 1. The maximum Gasteiger partial charge on any atom is 0.331 e. The van der Waals surface area contributed by atoms with Crippen LogP contribution in [0.25, 0.3) is 16.2 Å². The Morgan fingerprint density at radius 1 is 1.13 bits per heavy atom. The van der Waals surface area contributed by atoms with E-state index in [1.54, 1.807) is 30.3 Å². The summed E-state index contributed by atoms with van der Waals surface area (Å²) in [7, 11) is -3.23. The number of rotatable bonds is 9. The van der Waals surface area contributed by atoms with E-state index in [9.17, 15) is 18.0 Å². The molecule has 3 rings (SSSR count). The molecule has 3 aromatic rings. The molecule has 0 bridgehead atoms. The first-order valence-electron chi connectivity index (χ1n) is 9.31. The van der Waals surface area contributed by atoms with Gasteiger partial charge in [0.2, 0.25) is 10.0 Å². The monoisotopic (exact) mass is 477 g/mol. The molecule has 0 spiro atoms. The second-order valence-electron chi connectivity index (χ2n) is 6.75. The molecule has 1 N–H and O–H groups in total.